The van der Waals surface area contributed by atoms with Gasteiger partial charge in [-0.1, -0.05) is 111 Å². The number of para-hydroxylation sites is 3. The number of benzene rings is 6. The largest absolute Gasteiger partial charge is 0.309 e. The molecular formula is C39H28N2. The fourth-order valence-electron chi connectivity index (χ4n) is 7.54. The molecule has 0 radical (unpaired) electrons. The fourth-order valence-corrected chi connectivity index (χ4v) is 7.54. The third-order valence-electron chi connectivity index (χ3n) is 9.31. The standard InChI is InChI=1S/C39H28N2/c1-39(2)30-18-9-6-16-28(30)36-31(39)19-12-22-34(36)41-32-20-10-7-15-26(32)27-23-24-35-37(38(27)41)29-17-8-11-21-33(29)40(35)25-13-4-3-5-14-25/h3-24H,1-2H3. The molecule has 41 heavy (non-hydrogen) atoms. The van der Waals surface area contributed by atoms with Crippen molar-refractivity contribution in [2.75, 3.05) is 0 Å². The molecule has 2 aromatic heterocycles. The minimum atomic E-state index is -0.0562. The normalized spacial score (nSPS) is 13.8. The van der Waals surface area contributed by atoms with Crippen molar-refractivity contribution in [3.05, 3.63) is 145 Å². The third-order valence-corrected chi connectivity index (χ3v) is 9.31. The predicted octanol–water partition coefficient (Wildman–Crippen LogP) is 10.2. The Balaban J connectivity index is 1.52. The average molecular weight is 525 g/mol. The maximum Gasteiger partial charge on any atom is 0.0641 e. The Morgan fingerprint density at radius 1 is 0.463 bits per heavy atom. The van der Waals surface area contributed by atoms with Gasteiger partial charge in [-0.05, 0) is 53.1 Å². The van der Waals surface area contributed by atoms with E-state index in [1.807, 2.05) is 0 Å². The van der Waals surface area contributed by atoms with Gasteiger partial charge in [0.25, 0.3) is 0 Å². The first-order valence-corrected chi connectivity index (χ1v) is 14.4. The highest BCUT2D eigenvalue weighted by Gasteiger charge is 2.37. The van der Waals surface area contributed by atoms with Crippen molar-refractivity contribution in [1.29, 1.82) is 0 Å². The maximum absolute atomic E-state index is 2.55. The third kappa shape index (κ3) is 2.87. The van der Waals surface area contributed by atoms with E-state index in [-0.39, 0.29) is 5.41 Å². The summed E-state index contributed by atoms with van der Waals surface area (Å²) in [6.07, 6.45) is 0. The van der Waals surface area contributed by atoms with Crippen molar-refractivity contribution < 1.29 is 0 Å². The topological polar surface area (TPSA) is 9.86 Å². The molecule has 0 bridgehead atoms. The first-order valence-electron chi connectivity index (χ1n) is 14.4. The minimum Gasteiger partial charge on any atom is -0.309 e. The monoisotopic (exact) mass is 524 g/mol. The number of aromatic nitrogens is 2. The van der Waals surface area contributed by atoms with E-state index in [9.17, 15) is 0 Å². The summed E-state index contributed by atoms with van der Waals surface area (Å²) in [6, 6.07) is 49.0. The van der Waals surface area contributed by atoms with Crippen molar-refractivity contribution in [2.24, 2.45) is 0 Å². The van der Waals surface area contributed by atoms with Gasteiger partial charge in [-0.25, -0.2) is 0 Å². The Morgan fingerprint density at radius 2 is 1.12 bits per heavy atom. The minimum absolute atomic E-state index is 0.0562. The lowest BCUT2D eigenvalue weighted by Crippen LogP contribution is -2.15. The molecule has 0 aliphatic heterocycles. The second-order valence-electron chi connectivity index (χ2n) is 11.8. The van der Waals surface area contributed by atoms with Gasteiger partial charge in [-0.2, -0.15) is 0 Å². The number of nitrogens with zero attached hydrogens (tertiary/aromatic N) is 2. The van der Waals surface area contributed by atoms with Gasteiger partial charge >= 0.3 is 0 Å². The molecule has 0 amide bonds. The molecule has 9 rings (SSSR count). The summed E-state index contributed by atoms with van der Waals surface area (Å²) in [7, 11) is 0. The van der Waals surface area contributed by atoms with Crippen LogP contribution in [0.25, 0.3) is 66.1 Å². The Morgan fingerprint density at radius 3 is 1.95 bits per heavy atom. The molecule has 1 aliphatic rings. The average Bonchev–Trinajstić information content (AvgIpc) is 3.61. The summed E-state index contributed by atoms with van der Waals surface area (Å²) in [4.78, 5) is 0. The second-order valence-corrected chi connectivity index (χ2v) is 11.8. The smallest absolute Gasteiger partial charge is 0.0641 e. The molecule has 8 aromatic rings. The number of rotatable bonds is 2. The van der Waals surface area contributed by atoms with Crippen LogP contribution in [0.1, 0.15) is 25.0 Å². The summed E-state index contributed by atoms with van der Waals surface area (Å²) in [6.45, 7) is 4.72. The Kier molecular flexibility index (Phi) is 4.42. The van der Waals surface area contributed by atoms with Gasteiger partial charge in [0.05, 0.1) is 27.8 Å². The first-order chi connectivity index (χ1) is 20.1. The zero-order chi connectivity index (χ0) is 27.3. The number of fused-ring (bicyclic) bond motifs is 10. The van der Waals surface area contributed by atoms with E-state index >= 15 is 0 Å². The number of hydrogen-bond donors (Lipinski definition) is 0. The van der Waals surface area contributed by atoms with Crippen LogP contribution in [0.2, 0.25) is 0 Å². The molecule has 6 aromatic carbocycles. The summed E-state index contributed by atoms with van der Waals surface area (Å²) < 4.78 is 4.96. The van der Waals surface area contributed by atoms with Crippen LogP contribution in [0.3, 0.4) is 0 Å². The van der Waals surface area contributed by atoms with Crippen molar-refractivity contribution in [1.82, 2.24) is 9.13 Å². The van der Waals surface area contributed by atoms with E-state index in [0.29, 0.717) is 0 Å². The van der Waals surface area contributed by atoms with E-state index in [1.165, 1.54) is 77.2 Å². The highest BCUT2D eigenvalue weighted by atomic mass is 15.0. The zero-order valence-corrected chi connectivity index (χ0v) is 23.1. The van der Waals surface area contributed by atoms with Gasteiger partial charge in [0, 0.05) is 38.2 Å². The summed E-state index contributed by atoms with van der Waals surface area (Å²) >= 11 is 0. The van der Waals surface area contributed by atoms with Crippen LogP contribution in [0.15, 0.2) is 133 Å². The van der Waals surface area contributed by atoms with Crippen LogP contribution in [0.5, 0.6) is 0 Å². The SMILES string of the molecule is CC1(C)c2ccccc2-c2c(-n3c4ccccc4c4ccc5c(c6ccccc6n5-c5ccccc5)c43)cccc21. The van der Waals surface area contributed by atoms with Gasteiger partial charge in [-0.15, -0.1) is 0 Å². The lowest BCUT2D eigenvalue weighted by Gasteiger charge is -2.22. The van der Waals surface area contributed by atoms with Gasteiger partial charge < -0.3 is 9.13 Å². The van der Waals surface area contributed by atoms with Crippen LogP contribution in [-0.4, -0.2) is 9.13 Å². The molecule has 194 valence electrons. The number of hydrogen-bond acceptors (Lipinski definition) is 0. The Bertz CT molecular complexity index is 2330. The fraction of sp³-hybridized carbons (Fsp3) is 0.0769. The van der Waals surface area contributed by atoms with E-state index in [4.69, 9.17) is 0 Å². The molecule has 0 spiro atoms. The summed E-state index contributed by atoms with van der Waals surface area (Å²) in [5, 5.41) is 5.13. The van der Waals surface area contributed by atoms with Crippen LogP contribution < -0.4 is 0 Å². The maximum atomic E-state index is 2.55. The first kappa shape index (κ1) is 22.7. The van der Waals surface area contributed by atoms with E-state index in [0.717, 1.165) is 0 Å². The van der Waals surface area contributed by atoms with Crippen molar-refractivity contribution in [3.63, 3.8) is 0 Å². The van der Waals surface area contributed by atoms with Gasteiger partial charge in [-0.3, -0.25) is 0 Å². The Labute approximate surface area is 238 Å². The predicted molar refractivity (Wildman–Crippen MR) is 173 cm³/mol. The molecule has 1 aliphatic carbocycles. The molecule has 2 heteroatoms. The molecule has 0 saturated carbocycles. The molecule has 0 unspecified atom stereocenters. The molecule has 0 saturated heterocycles. The lowest BCUT2D eigenvalue weighted by molar-refractivity contribution is 0.660. The van der Waals surface area contributed by atoms with E-state index in [1.54, 1.807) is 0 Å². The van der Waals surface area contributed by atoms with E-state index < -0.39 is 0 Å². The highest BCUT2D eigenvalue weighted by Crippen LogP contribution is 2.52. The van der Waals surface area contributed by atoms with Crippen molar-refractivity contribution in [3.8, 4) is 22.5 Å². The molecule has 2 heterocycles. The summed E-state index contributed by atoms with van der Waals surface area (Å²) in [5.74, 6) is 0. The van der Waals surface area contributed by atoms with E-state index in [2.05, 4.69) is 156 Å². The second kappa shape index (κ2) is 7.99. The van der Waals surface area contributed by atoms with Gasteiger partial charge in [0.1, 0.15) is 0 Å². The van der Waals surface area contributed by atoms with Crippen LogP contribution in [0.4, 0.5) is 0 Å². The zero-order valence-electron chi connectivity index (χ0n) is 23.1. The molecule has 2 nitrogen and oxygen atoms in total. The van der Waals surface area contributed by atoms with Gasteiger partial charge in [0.2, 0.25) is 0 Å². The van der Waals surface area contributed by atoms with Crippen molar-refractivity contribution >= 4 is 43.6 Å². The molecule has 0 N–H and O–H groups in total. The van der Waals surface area contributed by atoms with Crippen molar-refractivity contribution in [2.45, 2.75) is 19.3 Å². The lowest BCUT2D eigenvalue weighted by atomic mass is 9.82. The van der Waals surface area contributed by atoms with Crippen LogP contribution in [0, 0.1) is 0 Å². The molecule has 0 atom stereocenters. The van der Waals surface area contributed by atoms with Gasteiger partial charge in [0.15, 0.2) is 0 Å². The van der Waals surface area contributed by atoms with Crippen LogP contribution in [-0.2, 0) is 5.41 Å². The quantitative estimate of drug-likeness (QED) is 0.213. The Hall–Kier alpha value is -5.08. The molecule has 0 fully saturated rings. The molecular weight excluding hydrogens is 496 g/mol. The summed E-state index contributed by atoms with van der Waals surface area (Å²) in [5.41, 5.74) is 12.8. The van der Waals surface area contributed by atoms with Crippen LogP contribution >= 0.6 is 0 Å². The highest BCUT2D eigenvalue weighted by molar-refractivity contribution is 6.26.